The molecule has 0 bridgehead atoms. The molecule has 0 amide bonds. The Labute approximate surface area is 172 Å². The van der Waals surface area contributed by atoms with Gasteiger partial charge in [-0.1, -0.05) is 0 Å². The van der Waals surface area contributed by atoms with E-state index in [9.17, 15) is 16.8 Å². The number of piperidine rings is 1. The quantitative estimate of drug-likeness (QED) is 0.705. The first kappa shape index (κ1) is 21.7. The van der Waals surface area contributed by atoms with Crippen LogP contribution >= 0.6 is 0 Å². The lowest BCUT2D eigenvalue weighted by Gasteiger charge is -2.31. The monoisotopic (exact) mass is 439 g/mol. The molecule has 0 aliphatic carbocycles. The Morgan fingerprint density at radius 2 is 1.86 bits per heavy atom. The van der Waals surface area contributed by atoms with E-state index in [1.165, 1.54) is 35.9 Å². The number of benzene rings is 1. The van der Waals surface area contributed by atoms with Gasteiger partial charge in [0.25, 0.3) is 0 Å². The van der Waals surface area contributed by atoms with Gasteiger partial charge in [-0.15, -0.1) is 0 Å². The fourth-order valence-corrected chi connectivity index (χ4v) is 5.97. The number of hydrogen-bond donors (Lipinski definition) is 1. The molecule has 3 rings (SSSR count). The number of methoxy groups -OCH3 is 1. The molecule has 0 radical (unpaired) electrons. The molecule has 0 unspecified atom stereocenters. The second-order valence-corrected chi connectivity index (χ2v) is 10.7. The summed E-state index contributed by atoms with van der Waals surface area (Å²) in [5.41, 5.74) is 0.740. The van der Waals surface area contributed by atoms with E-state index in [1.807, 2.05) is 0 Å². The van der Waals surface area contributed by atoms with Gasteiger partial charge in [0.2, 0.25) is 20.0 Å². The molecule has 1 aliphatic rings. The average molecular weight is 440 g/mol. The predicted molar refractivity (Wildman–Crippen MR) is 109 cm³/mol. The van der Waals surface area contributed by atoms with E-state index in [4.69, 9.17) is 4.74 Å². The maximum atomic E-state index is 12.6. The molecule has 1 N–H and O–H groups in total. The molecule has 1 aromatic carbocycles. The summed E-state index contributed by atoms with van der Waals surface area (Å²) in [6.07, 6.45) is 4.04. The van der Waals surface area contributed by atoms with Crippen molar-refractivity contribution in [2.75, 3.05) is 26.7 Å². The van der Waals surface area contributed by atoms with Gasteiger partial charge in [0.15, 0.2) is 0 Å². The van der Waals surface area contributed by atoms with Gasteiger partial charge in [-0.2, -0.15) is 4.31 Å². The third kappa shape index (κ3) is 4.95. The zero-order valence-corrected chi connectivity index (χ0v) is 18.0. The Kier molecular flexibility index (Phi) is 6.57. The highest BCUT2D eigenvalue weighted by Crippen LogP contribution is 2.24. The molecule has 158 valence electrons. The van der Waals surface area contributed by atoms with Crippen molar-refractivity contribution >= 4 is 20.0 Å². The van der Waals surface area contributed by atoms with Gasteiger partial charge in [0.05, 0.1) is 12.0 Å². The van der Waals surface area contributed by atoms with Crippen molar-refractivity contribution in [3.05, 3.63) is 48.3 Å². The Balaban J connectivity index is 1.58. The highest BCUT2D eigenvalue weighted by Gasteiger charge is 2.30. The maximum absolute atomic E-state index is 12.6. The Hall–Kier alpha value is -2.01. The molecule has 1 aromatic heterocycles. The number of rotatable bonds is 7. The summed E-state index contributed by atoms with van der Waals surface area (Å²) in [6, 6.07) is 7.84. The lowest BCUT2D eigenvalue weighted by Crippen LogP contribution is -2.41. The summed E-state index contributed by atoms with van der Waals surface area (Å²) in [5.74, 6) is 0.704. The topological polar surface area (TPSA) is 106 Å². The van der Waals surface area contributed by atoms with Crippen molar-refractivity contribution in [1.82, 2.24) is 14.0 Å². The van der Waals surface area contributed by atoms with Crippen molar-refractivity contribution < 1.29 is 21.6 Å². The van der Waals surface area contributed by atoms with Crippen LogP contribution in [0.15, 0.2) is 52.5 Å². The minimum Gasteiger partial charge on any atom is -0.496 e. The van der Waals surface area contributed by atoms with Crippen LogP contribution < -0.4 is 9.46 Å². The third-order valence-electron chi connectivity index (χ3n) is 5.08. The molecule has 0 saturated carbocycles. The molecule has 0 atom stereocenters. The van der Waals surface area contributed by atoms with Crippen LogP contribution in [0.25, 0.3) is 0 Å². The lowest BCUT2D eigenvalue weighted by molar-refractivity contribution is 0.274. The molecule has 2 heterocycles. The molecule has 1 fully saturated rings. The lowest BCUT2D eigenvalue weighted by atomic mass is 9.99. The van der Waals surface area contributed by atoms with Crippen LogP contribution in [0.3, 0.4) is 0 Å². The molecule has 2 aromatic rings. The highest BCUT2D eigenvalue weighted by molar-refractivity contribution is 7.89. The Morgan fingerprint density at radius 1 is 1.14 bits per heavy atom. The van der Waals surface area contributed by atoms with Gasteiger partial charge in [-0.3, -0.25) is 4.98 Å². The van der Waals surface area contributed by atoms with Crippen molar-refractivity contribution in [2.24, 2.45) is 5.92 Å². The van der Waals surface area contributed by atoms with Gasteiger partial charge in [0, 0.05) is 32.0 Å². The number of ether oxygens (including phenoxy) is 1. The summed E-state index contributed by atoms with van der Waals surface area (Å²) in [5, 5.41) is 0. The van der Waals surface area contributed by atoms with Crippen LogP contribution in [-0.2, 0) is 20.0 Å². The normalized spacial score (nSPS) is 16.6. The second-order valence-electron chi connectivity index (χ2n) is 7.02. The first-order valence-electron chi connectivity index (χ1n) is 9.28. The number of nitrogens with zero attached hydrogens (tertiary/aromatic N) is 2. The number of aromatic nitrogens is 1. The smallest absolute Gasteiger partial charge is 0.244 e. The van der Waals surface area contributed by atoms with E-state index in [0.29, 0.717) is 31.7 Å². The number of sulfonamides is 2. The molecular weight excluding hydrogens is 414 g/mol. The van der Waals surface area contributed by atoms with Crippen molar-refractivity contribution in [3.63, 3.8) is 0 Å². The molecule has 1 saturated heterocycles. The SMILES string of the molecule is COc1ccc(S(=O)(=O)NCC2CCN(S(=O)(=O)c3cccnc3)CC2)cc1C. The maximum Gasteiger partial charge on any atom is 0.244 e. The minimum absolute atomic E-state index is 0.0736. The summed E-state index contributed by atoms with van der Waals surface area (Å²) in [7, 11) is -5.66. The van der Waals surface area contributed by atoms with Gasteiger partial charge < -0.3 is 4.74 Å². The largest absolute Gasteiger partial charge is 0.496 e. The number of nitrogens with one attached hydrogen (secondary N) is 1. The predicted octanol–water partition coefficient (Wildman–Crippen LogP) is 1.78. The van der Waals surface area contributed by atoms with Gasteiger partial charge in [0.1, 0.15) is 10.6 Å². The van der Waals surface area contributed by atoms with Crippen LogP contribution in [0.1, 0.15) is 18.4 Å². The van der Waals surface area contributed by atoms with Gasteiger partial charge >= 0.3 is 0 Å². The molecular formula is C19H25N3O5S2. The van der Waals surface area contributed by atoms with E-state index < -0.39 is 20.0 Å². The van der Waals surface area contributed by atoms with Crippen LogP contribution in [-0.4, -0.2) is 52.9 Å². The fourth-order valence-electron chi connectivity index (χ4n) is 3.33. The summed E-state index contributed by atoms with van der Waals surface area (Å²) < 4.78 is 59.7. The first-order chi connectivity index (χ1) is 13.7. The zero-order chi connectivity index (χ0) is 21.1. The van der Waals surface area contributed by atoms with Crippen molar-refractivity contribution in [3.8, 4) is 5.75 Å². The number of aryl methyl sites for hydroxylation is 1. The standard InChI is InChI=1S/C19H25N3O5S2/c1-15-12-17(5-6-19(15)27-2)28(23,24)21-13-16-7-10-22(11-8-16)29(25,26)18-4-3-9-20-14-18/h3-6,9,12,14,16,21H,7-8,10-11,13H2,1-2H3. The molecule has 29 heavy (non-hydrogen) atoms. The van der Waals surface area contributed by atoms with E-state index in [-0.39, 0.29) is 22.3 Å². The van der Waals surface area contributed by atoms with Crippen molar-refractivity contribution in [1.29, 1.82) is 0 Å². The summed E-state index contributed by atoms with van der Waals surface area (Å²) in [6.45, 7) is 2.76. The first-order valence-corrected chi connectivity index (χ1v) is 12.2. The van der Waals surface area contributed by atoms with E-state index in [0.717, 1.165) is 5.56 Å². The Morgan fingerprint density at radius 3 is 2.45 bits per heavy atom. The van der Waals surface area contributed by atoms with Gasteiger partial charge in [-0.05, 0) is 61.6 Å². The number of pyridine rings is 1. The molecule has 0 spiro atoms. The fraction of sp³-hybridized carbons (Fsp3) is 0.421. The molecule has 8 nitrogen and oxygen atoms in total. The second kappa shape index (κ2) is 8.78. The van der Waals surface area contributed by atoms with E-state index >= 15 is 0 Å². The van der Waals surface area contributed by atoms with Crippen LogP contribution in [0.5, 0.6) is 5.75 Å². The highest BCUT2D eigenvalue weighted by atomic mass is 32.2. The average Bonchev–Trinajstić information content (AvgIpc) is 2.73. The van der Waals surface area contributed by atoms with E-state index in [1.54, 1.807) is 25.1 Å². The third-order valence-corrected chi connectivity index (χ3v) is 8.39. The van der Waals surface area contributed by atoms with Crippen LogP contribution in [0, 0.1) is 12.8 Å². The Bertz CT molecular complexity index is 1050. The summed E-state index contributed by atoms with van der Waals surface area (Å²) >= 11 is 0. The van der Waals surface area contributed by atoms with Crippen LogP contribution in [0.2, 0.25) is 0 Å². The zero-order valence-electron chi connectivity index (χ0n) is 16.4. The van der Waals surface area contributed by atoms with Crippen LogP contribution in [0.4, 0.5) is 0 Å². The van der Waals surface area contributed by atoms with E-state index in [2.05, 4.69) is 9.71 Å². The molecule has 10 heteroatoms. The van der Waals surface area contributed by atoms with Gasteiger partial charge in [-0.25, -0.2) is 21.6 Å². The number of hydrogen-bond acceptors (Lipinski definition) is 6. The summed E-state index contributed by atoms with van der Waals surface area (Å²) in [4.78, 5) is 4.24. The minimum atomic E-state index is -3.64. The van der Waals surface area contributed by atoms with Crippen molar-refractivity contribution in [2.45, 2.75) is 29.6 Å². The molecule has 1 aliphatic heterocycles.